The first-order valence-electron chi connectivity index (χ1n) is 9.44. The molecule has 1 heterocycles. The Bertz CT molecular complexity index is 941. The maximum Gasteiger partial charge on any atom is 0.416 e. The van der Waals surface area contributed by atoms with E-state index in [0.29, 0.717) is 22.0 Å². The van der Waals surface area contributed by atoms with E-state index in [1.165, 1.54) is 12.1 Å². The SMILES string of the molecule is CCCC[C@@H](Oc1ccccc1Cl)c1cccc(-c2ccc(C(F)(F)F)cc2)n1. The van der Waals surface area contributed by atoms with Crippen LogP contribution in [0.25, 0.3) is 11.3 Å². The molecule has 0 spiro atoms. The number of para-hydroxylation sites is 1. The number of benzene rings is 2. The van der Waals surface area contributed by atoms with Gasteiger partial charge >= 0.3 is 6.18 Å². The van der Waals surface area contributed by atoms with Crippen molar-refractivity contribution in [3.8, 4) is 17.0 Å². The third-order valence-corrected chi connectivity index (χ3v) is 4.85. The highest BCUT2D eigenvalue weighted by atomic mass is 35.5. The second kappa shape index (κ2) is 9.31. The van der Waals surface area contributed by atoms with Crippen LogP contribution in [0.2, 0.25) is 5.02 Å². The number of alkyl halides is 3. The van der Waals surface area contributed by atoms with Gasteiger partial charge in [0.2, 0.25) is 0 Å². The van der Waals surface area contributed by atoms with Crippen molar-refractivity contribution in [2.45, 2.75) is 38.5 Å². The fraction of sp³-hybridized carbons (Fsp3) is 0.261. The highest BCUT2D eigenvalue weighted by molar-refractivity contribution is 6.32. The molecule has 0 unspecified atom stereocenters. The van der Waals surface area contributed by atoms with Gasteiger partial charge in [0, 0.05) is 5.56 Å². The highest BCUT2D eigenvalue weighted by Gasteiger charge is 2.30. The number of ether oxygens (including phenoxy) is 1. The van der Waals surface area contributed by atoms with Gasteiger partial charge in [-0.25, -0.2) is 4.98 Å². The number of hydrogen-bond acceptors (Lipinski definition) is 2. The van der Waals surface area contributed by atoms with E-state index in [9.17, 15) is 13.2 Å². The average Bonchev–Trinajstić information content (AvgIpc) is 2.72. The first-order valence-corrected chi connectivity index (χ1v) is 9.82. The molecule has 0 aliphatic heterocycles. The lowest BCUT2D eigenvalue weighted by Gasteiger charge is -2.20. The molecule has 0 saturated carbocycles. The molecule has 0 fully saturated rings. The number of rotatable bonds is 7. The summed E-state index contributed by atoms with van der Waals surface area (Å²) in [6.07, 6.45) is -1.96. The molecule has 1 atom stereocenters. The summed E-state index contributed by atoms with van der Waals surface area (Å²) in [5, 5.41) is 0.521. The Morgan fingerprint density at radius 1 is 0.966 bits per heavy atom. The van der Waals surface area contributed by atoms with Crippen molar-refractivity contribution in [1.29, 1.82) is 0 Å². The van der Waals surface area contributed by atoms with E-state index in [1.54, 1.807) is 18.2 Å². The topological polar surface area (TPSA) is 22.1 Å². The smallest absolute Gasteiger partial charge is 0.416 e. The summed E-state index contributed by atoms with van der Waals surface area (Å²) >= 11 is 6.23. The normalized spacial score (nSPS) is 12.6. The number of aromatic nitrogens is 1. The van der Waals surface area contributed by atoms with Gasteiger partial charge in [0.05, 0.1) is 22.0 Å². The lowest BCUT2D eigenvalue weighted by Crippen LogP contribution is -2.10. The van der Waals surface area contributed by atoms with Crippen molar-refractivity contribution in [2.24, 2.45) is 0 Å². The average molecular weight is 420 g/mol. The molecular formula is C23H21ClF3NO. The molecule has 29 heavy (non-hydrogen) atoms. The summed E-state index contributed by atoms with van der Waals surface area (Å²) in [6.45, 7) is 2.10. The number of pyridine rings is 1. The van der Waals surface area contributed by atoms with Crippen LogP contribution in [-0.4, -0.2) is 4.98 Å². The standard InChI is InChI=1S/C23H21ClF3NO/c1-2-3-10-22(29-21-11-5-4-7-18(21)24)20-9-6-8-19(28-20)16-12-14-17(15-13-16)23(25,26)27/h4-9,11-15,22H,2-3,10H2,1H3/t22-/m1/s1. The third-order valence-electron chi connectivity index (χ3n) is 4.53. The van der Waals surface area contributed by atoms with Crippen LogP contribution in [0.4, 0.5) is 13.2 Å². The van der Waals surface area contributed by atoms with Crippen molar-refractivity contribution in [3.05, 3.63) is 83.0 Å². The van der Waals surface area contributed by atoms with Gasteiger partial charge < -0.3 is 4.74 Å². The van der Waals surface area contributed by atoms with E-state index >= 15 is 0 Å². The van der Waals surface area contributed by atoms with Gasteiger partial charge in [-0.1, -0.05) is 55.3 Å². The van der Waals surface area contributed by atoms with E-state index in [-0.39, 0.29) is 6.10 Å². The minimum Gasteiger partial charge on any atom is -0.483 e. The van der Waals surface area contributed by atoms with E-state index in [0.717, 1.165) is 37.1 Å². The molecule has 0 aliphatic carbocycles. The van der Waals surface area contributed by atoms with E-state index in [2.05, 4.69) is 11.9 Å². The van der Waals surface area contributed by atoms with Crippen LogP contribution in [0.3, 0.4) is 0 Å². The van der Waals surface area contributed by atoms with Gasteiger partial charge in [-0.3, -0.25) is 0 Å². The molecular weight excluding hydrogens is 399 g/mol. The van der Waals surface area contributed by atoms with Crippen LogP contribution in [-0.2, 0) is 6.18 Å². The summed E-state index contributed by atoms with van der Waals surface area (Å²) in [7, 11) is 0. The molecule has 2 nitrogen and oxygen atoms in total. The van der Waals surface area contributed by atoms with Crippen LogP contribution >= 0.6 is 11.6 Å². The summed E-state index contributed by atoms with van der Waals surface area (Å²) in [5.74, 6) is 0.581. The molecule has 152 valence electrons. The lowest BCUT2D eigenvalue weighted by atomic mass is 10.1. The first-order chi connectivity index (χ1) is 13.9. The molecule has 6 heteroatoms. The highest BCUT2D eigenvalue weighted by Crippen LogP contribution is 2.33. The van der Waals surface area contributed by atoms with Gasteiger partial charge in [-0.15, -0.1) is 0 Å². The Morgan fingerprint density at radius 2 is 1.69 bits per heavy atom. The van der Waals surface area contributed by atoms with Gasteiger partial charge in [0.15, 0.2) is 0 Å². The Hall–Kier alpha value is -2.53. The monoisotopic (exact) mass is 419 g/mol. The number of hydrogen-bond donors (Lipinski definition) is 0. The molecule has 0 radical (unpaired) electrons. The molecule has 1 aromatic heterocycles. The summed E-state index contributed by atoms with van der Waals surface area (Å²) < 4.78 is 44.6. The maximum atomic E-state index is 12.8. The van der Waals surface area contributed by atoms with Crippen molar-refractivity contribution in [1.82, 2.24) is 4.98 Å². The zero-order valence-corrected chi connectivity index (χ0v) is 16.7. The largest absolute Gasteiger partial charge is 0.483 e. The van der Waals surface area contributed by atoms with E-state index in [4.69, 9.17) is 16.3 Å². The molecule has 2 aromatic carbocycles. The van der Waals surface area contributed by atoms with Crippen molar-refractivity contribution >= 4 is 11.6 Å². The fourth-order valence-corrected chi connectivity index (χ4v) is 3.15. The van der Waals surface area contributed by atoms with Crippen LogP contribution in [0, 0.1) is 0 Å². The number of halogens is 4. The van der Waals surface area contributed by atoms with Gasteiger partial charge in [0.1, 0.15) is 11.9 Å². The third kappa shape index (κ3) is 5.51. The van der Waals surface area contributed by atoms with Crippen LogP contribution in [0.15, 0.2) is 66.7 Å². The first kappa shape index (κ1) is 21.2. The predicted octanol–water partition coefficient (Wildman–Crippen LogP) is 7.73. The minimum atomic E-state index is -4.36. The van der Waals surface area contributed by atoms with E-state index < -0.39 is 11.7 Å². The van der Waals surface area contributed by atoms with Crippen LogP contribution in [0.5, 0.6) is 5.75 Å². The number of unbranched alkanes of at least 4 members (excludes halogenated alkanes) is 1. The van der Waals surface area contributed by atoms with Crippen molar-refractivity contribution in [2.75, 3.05) is 0 Å². The Labute approximate surface area is 173 Å². The fourth-order valence-electron chi connectivity index (χ4n) is 2.97. The quantitative estimate of drug-likeness (QED) is 0.391. The summed E-state index contributed by atoms with van der Waals surface area (Å²) in [4.78, 5) is 4.66. The van der Waals surface area contributed by atoms with Crippen LogP contribution < -0.4 is 4.74 Å². The Morgan fingerprint density at radius 3 is 2.34 bits per heavy atom. The zero-order chi connectivity index (χ0) is 20.9. The van der Waals surface area contributed by atoms with Gasteiger partial charge in [-0.2, -0.15) is 13.2 Å². The molecule has 0 saturated heterocycles. The second-order valence-electron chi connectivity index (χ2n) is 6.70. The Balaban J connectivity index is 1.89. The lowest BCUT2D eigenvalue weighted by molar-refractivity contribution is -0.137. The molecule has 0 amide bonds. The van der Waals surface area contributed by atoms with Gasteiger partial charge in [0.25, 0.3) is 0 Å². The minimum absolute atomic E-state index is 0.302. The summed E-state index contributed by atoms with van der Waals surface area (Å²) in [6, 6.07) is 17.7. The van der Waals surface area contributed by atoms with Crippen molar-refractivity contribution < 1.29 is 17.9 Å². The molecule has 3 aromatic rings. The number of nitrogens with zero attached hydrogens (tertiary/aromatic N) is 1. The summed E-state index contributed by atoms with van der Waals surface area (Å²) in [5.41, 5.74) is 1.25. The molecule has 0 aliphatic rings. The predicted molar refractivity (Wildman–Crippen MR) is 109 cm³/mol. The van der Waals surface area contributed by atoms with Gasteiger partial charge in [-0.05, 0) is 49.2 Å². The molecule has 0 N–H and O–H groups in total. The Kier molecular flexibility index (Phi) is 6.80. The zero-order valence-electron chi connectivity index (χ0n) is 15.9. The van der Waals surface area contributed by atoms with Crippen molar-refractivity contribution in [3.63, 3.8) is 0 Å². The second-order valence-corrected chi connectivity index (χ2v) is 7.11. The maximum absolute atomic E-state index is 12.8. The van der Waals surface area contributed by atoms with Crippen LogP contribution in [0.1, 0.15) is 43.5 Å². The van der Waals surface area contributed by atoms with E-state index in [1.807, 2.05) is 24.3 Å². The molecule has 0 bridgehead atoms. The molecule has 3 rings (SSSR count).